The molecule has 7 heavy (non-hydrogen) atoms. The summed E-state index contributed by atoms with van der Waals surface area (Å²) in [5.74, 6) is 0. The minimum atomic E-state index is 0. The minimum Gasteiger partial charge on any atom is -0.808 e. The number of hydrogen-bond donors (Lipinski definition) is 0. The van der Waals surface area contributed by atoms with Gasteiger partial charge in [-0.2, -0.15) is 0 Å². The third-order valence-electron chi connectivity index (χ3n) is 0. The molecule has 2 N–H and O–H groups in total. The average molecular weight is 154 g/mol. The summed E-state index contributed by atoms with van der Waals surface area (Å²) in [6.07, 6.45) is 0. The Hall–Kier alpha value is 2.14. The zero-order valence-corrected chi connectivity index (χ0v) is 10.2. The van der Waals surface area contributed by atoms with Crippen LogP contribution in [-0.4, -0.2) is 5.48 Å². The van der Waals surface area contributed by atoms with E-state index in [2.05, 4.69) is 31.8 Å². The molecule has 0 atom stereocenters. The van der Waals surface area contributed by atoms with Crippen molar-refractivity contribution in [1.29, 1.82) is 0 Å². The molecule has 0 aromatic rings. The first-order valence-electron chi connectivity index (χ1n) is 0.762. The molecule has 5 heteroatoms. The summed E-state index contributed by atoms with van der Waals surface area (Å²) in [5, 5.41) is 0. The van der Waals surface area contributed by atoms with E-state index >= 15 is 0 Å². The molecule has 0 aliphatic rings. The third kappa shape index (κ3) is 67.0. The van der Waals surface area contributed by atoms with E-state index in [0.29, 0.717) is 4.24 Å². The third-order valence-corrected chi connectivity index (χ3v) is 0. The molecular weight excluding hydrogens is 150 g/mol. The molecule has 0 amide bonds. The summed E-state index contributed by atoms with van der Waals surface area (Å²) in [4.78, 5) is 0. The van der Waals surface area contributed by atoms with Gasteiger partial charge in [-0.15, -0.1) is 6.58 Å². The molecule has 0 aromatic carbocycles. The Kier molecular flexibility index (Phi) is 51.4. The molecule has 0 unspecified atom stereocenters. The van der Waals surface area contributed by atoms with Gasteiger partial charge in [-0.25, -0.2) is 0 Å². The minimum absolute atomic E-state index is 0. The maximum absolute atomic E-state index is 4.24. The summed E-state index contributed by atoms with van der Waals surface area (Å²) < 4.78 is 0.333. The quantitative estimate of drug-likeness (QED) is 0.257. The SMILES string of the molecule is C=C([S-])[S-].O.[Na+].[Na+]. The van der Waals surface area contributed by atoms with Gasteiger partial charge in [0.2, 0.25) is 0 Å². The Morgan fingerprint density at radius 3 is 1.14 bits per heavy atom. The van der Waals surface area contributed by atoms with E-state index in [1.807, 2.05) is 0 Å². The van der Waals surface area contributed by atoms with Crippen molar-refractivity contribution in [3.8, 4) is 0 Å². The predicted octanol–water partition coefficient (Wildman–Crippen LogP) is -6.27. The molecule has 0 aromatic heterocycles. The molecule has 0 saturated carbocycles. The Bertz CT molecular complexity index is 36.7. The van der Waals surface area contributed by atoms with E-state index in [4.69, 9.17) is 0 Å². The van der Waals surface area contributed by atoms with Crippen LogP contribution in [0.15, 0.2) is 10.8 Å². The molecule has 0 saturated heterocycles. The van der Waals surface area contributed by atoms with Crippen molar-refractivity contribution >= 4 is 25.3 Å². The van der Waals surface area contributed by atoms with Crippen molar-refractivity contribution in [2.24, 2.45) is 0 Å². The van der Waals surface area contributed by atoms with Crippen LogP contribution in [0.1, 0.15) is 0 Å². The first-order valence-corrected chi connectivity index (χ1v) is 1.58. The Morgan fingerprint density at radius 2 is 1.14 bits per heavy atom. The van der Waals surface area contributed by atoms with Crippen molar-refractivity contribution < 1.29 is 64.6 Å². The van der Waals surface area contributed by atoms with Crippen LogP contribution in [0.2, 0.25) is 0 Å². The molecule has 0 aliphatic heterocycles. The molecule has 0 spiro atoms. The van der Waals surface area contributed by atoms with Gasteiger partial charge in [-0.3, -0.25) is 0 Å². The van der Waals surface area contributed by atoms with Crippen LogP contribution in [0.5, 0.6) is 0 Å². The molecule has 32 valence electrons. The summed E-state index contributed by atoms with van der Waals surface area (Å²) in [6.45, 7) is 3.19. The van der Waals surface area contributed by atoms with Crippen LogP contribution >= 0.6 is 0 Å². The van der Waals surface area contributed by atoms with E-state index in [1.165, 1.54) is 0 Å². The smallest absolute Gasteiger partial charge is 0.808 e. The monoisotopic (exact) mass is 154 g/mol. The topological polar surface area (TPSA) is 31.5 Å². The van der Waals surface area contributed by atoms with E-state index in [9.17, 15) is 0 Å². The second kappa shape index (κ2) is 15.7. The molecule has 0 fully saturated rings. The van der Waals surface area contributed by atoms with Crippen LogP contribution in [0.3, 0.4) is 0 Å². The van der Waals surface area contributed by atoms with Gasteiger partial charge in [0, 0.05) is 0 Å². The van der Waals surface area contributed by atoms with Crippen molar-refractivity contribution in [2.75, 3.05) is 0 Å². The maximum Gasteiger partial charge on any atom is 1.00 e. The van der Waals surface area contributed by atoms with Gasteiger partial charge in [-0.05, 0) is 0 Å². The maximum atomic E-state index is 4.24. The summed E-state index contributed by atoms with van der Waals surface area (Å²) in [7, 11) is 0. The van der Waals surface area contributed by atoms with Gasteiger partial charge >= 0.3 is 59.1 Å². The molecule has 0 heterocycles. The van der Waals surface area contributed by atoms with E-state index in [0.717, 1.165) is 0 Å². The molecule has 0 aliphatic carbocycles. The summed E-state index contributed by atoms with van der Waals surface area (Å²) in [5.41, 5.74) is 0. The van der Waals surface area contributed by atoms with Gasteiger partial charge in [0.15, 0.2) is 0 Å². The van der Waals surface area contributed by atoms with E-state index < -0.39 is 0 Å². The van der Waals surface area contributed by atoms with Crippen LogP contribution in [0.25, 0.3) is 0 Å². The van der Waals surface area contributed by atoms with Gasteiger partial charge in [0.25, 0.3) is 0 Å². The Labute approximate surface area is 99.0 Å². The van der Waals surface area contributed by atoms with Crippen molar-refractivity contribution in [1.82, 2.24) is 0 Å². The largest absolute Gasteiger partial charge is 1.00 e. The fourth-order valence-electron chi connectivity index (χ4n) is 0. The molecule has 0 radical (unpaired) electrons. The fraction of sp³-hybridized carbons (Fsp3) is 0. The first-order chi connectivity index (χ1) is 1.73. The second-order valence-electron chi connectivity index (χ2n) is 0.372. The Morgan fingerprint density at radius 1 is 1.14 bits per heavy atom. The Balaban J connectivity index is -0.0000000150. The second-order valence-corrected chi connectivity index (χ2v) is 1.62. The van der Waals surface area contributed by atoms with Crippen LogP contribution < -0.4 is 59.1 Å². The van der Waals surface area contributed by atoms with Crippen LogP contribution in [-0.2, 0) is 25.3 Å². The molecule has 0 bridgehead atoms. The standard InChI is InChI=1S/C2H4S2.2Na.H2O/c1-2(3)4;;;/h3-4H,1H2;;;1H2/q;2*+1;/p-2. The van der Waals surface area contributed by atoms with Crippen molar-refractivity contribution in [3.05, 3.63) is 10.8 Å². The first kappa shape index (κ1) is 22.9. The van der Waals surface area contributed by atoms with Crippen LogP contribution in [0, 0.1) is 0 Å². The predicted molar refractivity (Wildman–Crippen MR) is 27.5 cm³/mol. The molecular formula is C2H4Na2OS2. The number of rotatable bonds is 0. The number of hydrogen-bond acceptors (Lipinski definition) is 2. The zero-order chi connectivity index (χ0) is 3.58. The summed E-state index contributed by atoms with van der Waals surface area (Å²) in [6, 6.07) is 0. The normalized spacial score (nSPS) is 3.43. The van der Waals surface area contributed by atoms with Crippen molar-refractivity contribution in [2.45, 2.75) is 0 Å². The fourth-order valence-corrected chi connectivity index (χ4v) is 0. The molecule has 0 rings (SSSR count). The van der Waals surface area contributed by atoms with E-state index in [1.54, 1.807) is 0 Å². The summed E-state index contributed by atoms with van der Waals surface area (Å²) >= 11 is 8.48. The van der Waals surface area contributed by atoms with Crippen molar-refractivity contribution in [3.63, 3.8) is 0 Å². The van der Waals surface area contributed by atoms with Gasteiger partial charge in [0.05, 0.1) is 0 Å². The van der Waals surface area contributed by atoms with Gasteiger partial charge in [0.1, 0.15) is 0 Å². The molecule has 1 nitrogen and oxygen atoms in total. The average Bonchev–Trinajstić information content (AvgIpc) is 0.811. The van der Waals surface area contributed by atoms with Crippen LogP contribution in [0.4, 0.5) is 0 Å². The van der Waals surface area contributed by atoms with E-state index in [-0.39, 0.29) is 64.6 Å². The van der Waals surface area contributed by atoms with Gasteiger partial charge in [-0.1, -0.05) is 0 Å². The zero-order valence-electron chi connectivity index (χ0n) is 4.52. The van der Waals surface area contributed by atoms with Gasteiger partial charge < -0.3 is 35.0 Å².